The van der Waals surface area contributed by atoms with Crippen molar-refractivity contribution in [1.29, 1.82) is 0 Å². The van der Waals surface area contributed by atoms with Crippen LogP contribution in [0.2, 0.25) is 0 Å². The molecule has 5 unspecified atom stereocenters. The van der Waals surface area contributed by atoms with Gasteiger partial charge >= 0.3 is 12.1 Å². The van der Waals surface area contributed by atoms with Gasteiger partial charge in [0.2, 0.25) is 5.91 Å². The maximum absolute atomic E-state index is 14.3. The van der Waals surface area contributed by atoms with E-state index in [9.17, 15) is 24.3 Å². The number of rotatable bonds is 11. The van der Waals surface area contributed by atoms with Crippen molar-refractivity contribution in [2.45, 2.75) is 68.7 Å². The summed E-state index contributed by atoms with van der Waals surface area (Å²) in [4.78, 5) is 75.4. The van der Waals surface area contributed by atoms with Crippen molar-refractivity contribution in [1.82, 2.24) is 45.3 Å². The van der Waals surface area contributed by atoms with Crippen molar-refractivity contribution in [2.24, 2.45) is 0 Å². The number of methoxy groups -OCH3 is 1. The number of aliphatic hydroxyl groups excluding tert-OH is 1. The Morgan fingerprint density at radius 2 is 1.09 bits per heavy atom. The fraction of sp³-hybridized carbons (Fsp3) is 0.308. The van der Waals surface area contributed by atoms with Gasteiger partial charge in [-0.15, -0.1) is 0 Å². The number of amides is 5. The number of benzene rings is 4. The van der Waals surface area contributed by atoms with Gasteiger partial charge in [-0.05, 0) is 85.0 Å². The second-order valence-electron chi connectivity index (χ2n) is 17.1. The van der Waals surface area contributed by atoms with E-state index in [0.717, 1.165) is 72.2 Å². The van der Waals surface area contributed by atoms with E-state index in [4.69, 9.17) is 9.72 Å². The summed E-state index contributed by atoms with van der Waals surface area (Å²) in [6.45, 7) is 1.51. The number of hydrogen-bond donors (Lipinski definition) is 5. The summed E-state index contributed by atoms with van der Waals surface area (Å²) >= 11 is 0. The number of ether oxygens (including phenoxy) is 1. The largest absolute Gasteiger partial charge is 0.453 e. The minimum absolute atomic E-state index is 0.111. The number of hydrogen-bond acceptors (Lipinski definition) is 8. The minimum Gasteiger partial charge on any atom is -0.453 e. The fourth-order valence-corrected chi connectivity index (χ4v) is 9.42. The number of imidazole rings is 2. The number of nitrogens with zero attached hydrogens (tertiary/aromatic N) is 5. The van der Waals surface area contributed by atoms with Crippen LogP contribution in [0, 0.1) is 11.8 Å². The molecule has 0 bridgehead atoms. The molecule has 0 saturated carbocycles. The van der Waals surface area contributed by atoms with Crippen LogP contribution < -0.4 is 10.6 Å². The van der Waals surface area contributed by atoms with Crippen LogP contribution in [0.5, 0.6) is 0 Å². The Kier molecular flexibility index (Phi) is 13.4. The van der Waals surface area contributed by atoms with Gasteiger partial charge in [0.15, 0.2) is 0 Å². The summed E-state index contributed by atoms with van der Waals surface area (Å²) in [5, 5.41) is 15.5. The normalized spacial score (nSPS) is 18.8. The Morgan fingerprint density at radius 3 is 1.55 bits per heavy atom. The van der Waals surface area contributed by atoms with E-state index in [1.807, 2.05) is 114 Å². The molecule has 5 N–H and O–H groups in total. The molecule has 6 aromatic rings. The molecule has 15 heteroatoms. The molecule has 3 fully saturated rings. The highest BCUT2D eigenvalue weighted by molar-refractivity contribution is 5.89. The first-order valence-corrected chi connectivity index (χ1v) is 22.8. The predicted molar refractivity (Wildman–Crippen MR) is 251 cm³/mol. The second kappa shape index (κ2) is 20.2. The van der Waals surface area contributed by atoms with Gasteiger partial charge in [-0.25, -0.2) is 19.6 Å². The van der Waals surface area contributed by atoms with Gasteiger partial charge in [0, 0.05) is 30.8 Å². The first kappa shape index (κ1) is 44.5. The average molecular weight is 900 g/mol. The molecule has 342 valence electrons. The van der Waals surface area contributed by atoms with Gasteiger partial charge in [0.05, 0.1) is 55.6 Å². The highest BCUT2D eigenvalue weighted by Crippen LogP contribution is 2.36. The van der Waals surface area contributed by atoms with E-state index in [1.54, 1.807) is 22.2 Å². The SMILES string of the molecule is COC(=O)NC(C(=O)N1CCCC1c1ncc(-c2ccc(C#Cc3ccc(-c4cnc(C5CCCN5C(=O)C(NC(=O)N5CCCC5CO)c5ccccc5)[nH]4)cc3)cc2)[nH]1)c1ccccc1. The number of aromatic amines is 2. The lowest BCUT2D eigenvalue weighted by Crippen LogP contribution is -2.49. The molecule has 5 heterocycles. The fourth-order valence-electron chi connectivity index (χ4n) is 9.42. The van der Waals surface area contributed by atoms with E-state index in [1.165, 1.54) is 7.11 Å². The molecule has 3 aliphatic heterocycles. The number of likely N-dealkylation sites (tertiary alicyclic amines) is 3. The van der Waals surface area contributed by atoms with Gasteiger partial charge in [0.1, 0.15) is 23.7 Å². The van der Waals surface area contributed by atoms with Crippen LogP contribution in [0.1, 0.15) is 96.6 Å². The van der Waals surface area contributed by atoms with Gasteiger partial charge in [-0.2, -0.15) is 0 Å². The molecule has 15 nitrogen and oxygen atoms in total. The highest BCUT2D eigenvalue weighted by Gasteiger charge is 2.39. The van der Waals surface area contributed by atoms with Crippen molar-refractivity contribution < 1.29 is 29.0 Å². The number of nitrogens with one attached hydrogen (secondary N) is 4. The molecule has 2 aromatic heterocycles. The van der Waals surface area contributed by atoms with Crippen molar-refractivity contribution in [2.75, 3.05) is 33.4 Å². The Morgan fingerprint density at radius 1 is 0.642 bits per heavy atom. The van der Waals surface area contributed by atoms with Crippen LogP contribution in [0.15, 0.2) is 122 Å². The number of aromatic nitrogens is 4. The number of alkyl carbamates (subject to hydrolysis) is 1. The van der Waals surface area contributed by atoms with E-state index < -0.39 is 18.2 Å². The number of urea groups is 1. The predicted octanol–water partition coefficient (Wildman–Crippen LogP) is 7.20. The van der Waals surface area contributed by atoms with Crippen LogP contribution in [-0.4, -0.2) is 103 Å². The summed E-state index contributed by atoms with van der Waals surface area (Å²) in [7, 11) is 1.28. The lowest BCUT2D eigenvalue weighted by Gasteiger charge is -2.31. The standard InChI is InChI=1S/C52H53N9O6/c1-67-52(66)58-46(39-13-6-3-7-14-39)50(64)61-30-10-17-44(61)48-54-32-42(56-48)37-26-22-35(23-27-37)19-18-34-20-24-36(25-21-34)41-31-53-47(55-41)43-16-9-29-60(43)49(63)45(38-11-4-2-5-12-38)57-51(65)59-28-8-15-40(59)33-62/h2-7,11-14,20-27,31-32,40,43-46,62H,8-10,15-17,28-30,33H2,1H3,(H,53,55)(H,54,56)(H,57,65)(H,58,66). The summed E-state index contributed by atoms with van der Waals surface area (Å²) in [6, 6.07) is 31.3. The molecule has 9 rings (SSSR count). The zero-order chi connectivity index (χ0) is 46.3. The van der Waals surface area contributed by atoms with Crippen LogP contribution >= 0.6 is 0 Å². The number of carbonyl (C=O) groups excluding carboxylic acids is 4. The van der Waals surface area contributed by atoms with Crippen molar-refractivity contribution in [3.05, 3.63) is 155 Å². The summed E-state index contributed by atoms with van der Waals surface area (Å²) in [5.41, 5.74) is 6.57. The Labute approximate surface area is 389 Å². The third kappa shape index (κ3) is 9.80. The van der Waals surface area contributed by atoms with Gasteiger partial charge < -0.3 is 45.1 Å². The quantitative estimate of drug-likeness (QED) is 0.0845. The molecular formula is C52H53N9O6. The van der Waals surface area contributed by atoms with Crippen LogP contribution in [-0.2, 0) is 14.3 Å². The number of H-pyrrole nitrogens is 2. The first-order valence-electron chi connectivity index (χ1n) is 22.8. The molecule has 5 amide bonds. The molecule has 67 heavy (non-hydrogen) atoms. The summed E-state index contributed by atoms with van der Waals surface area (Å²) in [5.74, 6) is 7.49. The van der Waals surface area contributed by atoms with Gasteiger partial charge in [0.25, 0.3) is 5.91 Å². The van der Waals surface area contributed by atoms with E-state index in [-0.39, 0.29) is 42.6 Å². The molecule has 3 aliphatic rings. The van der Waals surface area contributed by atoms with Crippen LogP contribution in [0.4, 0.5) is 9.59 Å². The van der Waals surface area contributed by atoms with E-state index in [0.29, 0.717) is 42.4 Å². The van der Waals surface area contributed by atoms with Crippen molar-refractivity contribution in [3.8, 4) is 34.4 Å². The molecular weight excluding hydrogens is 847 g/mol. The van der Waals surface area contributed by atoms with Gasteiger partial charge in [-0.3, -0.25) is 9.59 Å². The molecule has 0 radical (unpaired) electrons. The Bertz CT molecular complexity index is 2750. The monoisotopic (exact) mass is 899 g/mol. The first-order chi connectivity index (χ1) is 32.8. The van der Waals surface area contributed by atoms with Crippen LogP contribution in [0.25, 0.3) is 22.5 Å². The number of aliphatic hydroxyl groups is 1. The highest BCUT2D eigenvalue weighted by atomic mass is 16.5. The van der Waals surface area contributed by atoms with E-state index >= 15 is 0 Å². The topological polar surface area (TPSA) is 189 Å². The molecule has 4 aromatic carbocycles. The zero-order valence-electron chi connectivity index (χ0n) is 37.2. The minimum atomic E-state index is -0.889. The zero-order valence-corrected chi connectivity index (χ0v) is 37.2. The maximum Gasteiger partial charge on any atom is 0.407 e. The molecule has 0 spiro atoms. The smallest absolute Gasteiger partial charge is 0.407 e. The number of carbonyl (C=O) groups is 4. The third-order valence-electron chi connectivity index (χ3n) is 13.0. The Hall–Kier alpha value is -7.70. The van der Waals surface area contributed by atoms with Crippen molar-refractivity contribution >= 4 is 23.9 Å². The summed E-state index contributed by atoms with van der Waals surface area (Å²) < 4.78 is 4.83. The lowest BCUT2D eigenvalue weighted by molar-refractivity contribution is -0.135. The lowest BCUT2D eigenvalue weighted by atomic mass is 10.0. The van der Waals surface area contributed by atoms with Crippen LogP contribution in [0.3, 0.4) is 0 Å². The molecule has 0 aliphatic carbocycles. The van der Waals surface area contributed by atoms with E-state index in [2.05, 4.69) is 37.4 Å². The molecule has 5 atom stereocenters. The second-order valence-corrected chi connectivity index (χ2v) is 17.1. The summed E-state index contributed by atoms with van der Waals surface area (Å²) in [6.07, 6.45) is 7.52. The molecule has 3 saturated heterocycles. The average Bonchev–Trinajstić information content (AvgIpc) is 4.24. The van der Waals surface area contributed by atoms with Crippen molar-refractivity contribution in [3.63, 3.8) is 0 Å². The van der Waals surface area contributed by atoms with Gasteiger partial charge in [-0.1, -0.05) is 96.8 Å². The third-order valence-corrected chi connectivity index (χ3v) is 13.0. The Balaban J connectivity index is 0.831. The maximum atomic E-state index is 14.3.